The van der Waals surface area contributed by atoms with Crippen molar-refractivity contribution in [1.29, 1.82) is 0 Å². The standard InChI is InChI=1S/C20H22N6O/c1-16-21-9-7-18(23-16)25-11-13-26(14-12-25)20-22-10-8-19(24-20)27-15-17-5-3-2-4-6-17/h2-10H,11-15H2,1H3. The first kappa shape index (κ1) is 17.2. The number of anilines is 2. The van der Waals surface area contributed by atoms with Crippen LogP contribution in [0.1, 0.15) is 11.4 Å². The van der Waals surface area contributed by atoms with E-state index in [-0.39, 0.29) is 0 Å². The summed E-state index contributed by atoms with van der Waals surface area (Å²) in [4.78, 5) is 22.1. The highest BCUT2D eigenvalue weighted by Gasteiger charge is 2.20. The third-order valence-electron chi connectivity index (χ3n) is 4.49. The average molecular weight is 362 g/mol. The lowest BCUT2D eigenvalue weighted by Gasteiger charge is -2.35. The molecule has 1 fully saturated rings. The second kappa shape index (κ2) is 7.99. The van der Waals surface area contributed by atoms with Crippen LogP contribution in [0.15, 0.2) is 54.9 Å². The van der Waals surface area contributed by atoms with Gasteiger partial charge in [0.2, 0.25) is 11.8 Å². The molecule has 1 aliphatic heterocycles. The molecule has 0 spiro atoms. The topological polar surface area (TPSA) is 67.3 Å². The van der Waals surface area contributed by atoms with Gasteiger partial charge in [0.25, 0.3) is 0 Å². The summed E-state index contributed by atoms with van der Waals surface area (Å²) in [5.74, 6) is 3.07. The Bertz CT molecular complexity index is 880. The van der Waals surface area contributed by atoms with E-state index in [1.165, 1.54) is 0 Å². The van der Waals surface area contributed by atoms with Crippen molar-refractivity contribution in [1.82, 2.24) is 19.9 Å². The van der Waals surface area contributed by atoms with Crippen LogP contribution in [0.4, 0.5) is 11.8 Å². The lowest BCUT2D eigenvalue weighted by Crippen LogP contribution is -2.47. The summed E-state index contributed by atoms with van der Waals surface area (Å²) in [7, 11) is 0. The van der Waals surface area contributed by atoms with Gasteiger partial charge in [0.05, 0.1) is 0 Å². The molecule has 0 bridgehead atoms. The van der Waals surface area contributed by atoms with Gasteiger partial charge in [-0.3, -0.25) is 0 Å². The van der Waals surface area contributed by atoms with Crippen molar-refractivity contribution in [2.75, 3.05) is 36.0 Å². The zero-order valence-corrected chi connectivity index (χ0v) is 15.3. The fourth-order valence-corrected chi connectivity index (χ4v) is 3.05. The number of aryl methyl sites for hydroxylation is 1. The molecule has 0 saturated carbocycles. The predicted molar refractivity (Wildman–Crippen MR) is 104 cm³/mol. The summed E-state index contributed by atoms with van der Waals surface area (Å²) in [6.07, 6.45) is 3.56. The number of piperazine rings is 1. The van der Waals surface area contributed by atoms with Crippen molar-refractivity contribution >= 4 is 11.8 Å². The molecule has 4 rings (SSSR count). The van der Waals surface area contributed by atoms with Crippen molar-refractivity contribution in [3.05, 3.63) is 66.2 Å². The molecular formula is C20H22N6O. The summed E-state index contributed by atoms with van der Waals surface area (Å²) >= 11 is 0. The van der Waals surface area contributed by atoms with Crippen LogP contribution < -0.4 is 14.5 Å². The Kier molecular flexibility index (Phi) is 5.09. The third kappa shape index (κ3) is 4.31. The second-order valence-corrected chi connectivity index (χ2v) is 6.41. The van der Waals surface area contributed by atoms with Crippen molar-refractivity contribution in [3.63, 3.8) is 0 Å². The Morgan fingerprint density at radius 3 is 2.37 bits per heavy atom. The molecule has 2 aromatic heterocycles. The summed E-state index contributed by atoms with van der Waals surface area (Å²) in [6, 6.07) is 13.8. The number of rotatable bonds is 5. The van der Waals surface area contributed by atoms with Gasteiger partial charge in [-0.05, 0) is 18.6 Å². The molecule has 3 aromatic rings. The average Bonchev–Trinajstić information content (AvgIpc) is 2.73. The molecule has 138 valence electrons. The molecule has 7 heteroatoms. The van der Waals surface area contributed by atoms with E-state index in [4.69, 9.17) is 4.74 Å². The number of ether oxygens (including phenoxy) is 1. The van der Waals surface area contributed by atoms with E-state index in [0.717, 1.165) is 43.4 Å². The van der Waals surface area contributed by atoms with Gasteiger partial charge in [-0.25, -0.2) is 15.0 Å². The van der Waals surface area contributed by atoms with Gasteiger partial charge in [0.1, 0.15) is 18.2 Å². The summed E-state index contributed by atoms with van der Waals surface area (Å²) < 4.78 is 5.82. The van der Waals surface area contributed by atoms with E-state index in [1.54, 1.807) is 18.5 Å². The largest absolute Gasteiger partial charge is 0.473 e. The number of benzene rings is 1. The summed E-state index contributed by atoms with van der Waals surface area (Å²) in [5, 5.41) is 0. The van der Waals surface area contributed by atoms with Crippen molar-refractivity contribution < 1.29 is 4.74 Å². The third-order valence-corrected chi connectivity index (χ3v) is 4.49. The SMILES string of the molecule is Cc1nccc(N2CCN(c3nccc(OCc4ccccc4)n3)CC2)n1. The lowest BCUT2D eigenvalue weighted by molar-refractivity contribution is 0.293. The van der Waals surface area contributed by atoms with Crippen molar-refractivity contribution in [2.24, 2.45) is 0 Å². The molecule has 0 unspecified atom stereocenters. The first-order valence-electron chi connectivity index (χ1n) is 9.07. The zero-order valence-electron chi connectivity index (χ0n) is 15.3. The van der Waals surface area contributed by atoms with E-state index < -0.39 is 0 Å². The highest BCUT2D eigenvalue weighted by atomic mass is 16.5. The minimum absolute atomic E-state index is 0.498. The Hall–Kier alpha value is -3.22. The maximum Gasteiger partial charge on any atom is 0.228 e. The van der Waals surface area contributed by atoms with Crippen LogP contribution in [0, 0.1) is 6.92 Å². The smallest absolute Gasteiger partial charge is 0.228 e. The second-order valence-electron chi connectivity index (χ2n) is 6.41. The van der Waals surface area contributed by atoms with Gasteiger partial charge in [0.15, 0.2) is 0 Å². The molecule has 0 N–H and O–H groups in total. The molecule has 1 aromatic carbocycles. The first-order valence-corrected chi connectivity index (χ1v) is 9.07. The fraction of sp³-hybridized carbons (Fsp3) is 0.300. The molecule has 27 heavy (non-hydrogen) atoms. The van der Waals surface area contributed by atoms with E-state index in [2.05, 4.69) is 29.7 Å². The monoisotopic (exact) mass is 362 g/mol. The fourth-order valence-electron chi connectivity index (χ4n) is 3.05. The molecule has 1 aliphatic rings. The maximum atomic E-state index is 5.82. The Morgan fingerprint density at radius 2 is 1.59 bits per heavy atom. The van der Waals surface area contributed by atoms with Gasteiger partial charge in [-0.2, -0.15) is 4.98 Å². The van der Waals surface area contributed by atoms with Crippen LogP contribution in [0.25, 0.3) is 0 Å². The van der Waals surface area contributed by atoms with E-state index in [1.807, 2.05) is 43.3 Å². The minimum atomic E-state index is 0.498. The molecule has 1 saturated heterocycles. The number of hydrogen-bond acceptors (Lipinski definition) is 7. The number of hydrogen-bond donors (Lipinski definition) is 0. The van der Waals surface area contributed by atoms with E-state index in [0.29, 0.717) is 18.4 Å². The molecule has 0 aliphatic carbocycles. The number of nitrogens with zero attached hydrogens (tertiary/aromatic N) is 6. The van der Waals surface area contributed by atoms with Crippen LogP contribution >= 0.6 is 0 Å². The molecule has 7 nitrogen and oxygen atoms in total. The maximum absolute atomic E-state index is 5.82. The van der Waals surface area contributed by atoms with Crippen LogP contribution in [0.3, 0.4) is 0 Å². The molecule has 3 heterocycles. The van der Waals surface area contributed by atoms with Gasteiger partial charge in [0, 0.05) is 44.6 Å². The molecule has 0 amide bonds. The highest BCUT2D eigenvalue weighted by Crippen LogP contribution is 2.18. The van der Waals surface area contributed by atoms with Gasteiger partial charge in [-0.15, -0.1) is 0 Å². The van der Waals surface area contributed by atoms with Gasteiger partial charge < -0.3 is 14.5 Å². The lowest BCUT2D eigenvalue weighted by atomic mass is 10.2. The van der Waals surface area contributed by atoms with Crippen molar-refractivity contribution in [2.45, 2.75) is 13.5 Å². The normalized spacial score (nSPS) is 14.3. The van der Waals surface area contributed by atoms with Crippen LogP contribution in [0.2, 0.25) is 0 Å². The minimum Gasteiger partial charge on any atom is -0.473 e. The Morgan fingerprint density at radius 1 is 0.852 bits per heavy atom. The Labute approximate surface area is 158 Å². The number of aromatic nitrogens is 4. The zero-order chi connectivity index (χ0) is 18.5. The highest BCUT2D eigenvalue weighted by molar-refractivity contribution is 5.42. The summed E-state index contributed by atoms with van der Waals surface area (Å²) in [5.41, 5.74) is 1.12. The Balaban J connectivity index is 1.37. The van der Waals surface area contributed by atoms with E-state index in [9.17, 15) is 0 Å². The van der Waals surface area contributed by atoms with Gasteiger partial charge in [-0.1, -0.05) is 30.3 Å². The van der Waals surface area contributed by atoms with Crippen LogP contribution in [-0.2, 0) is 6.61 Å². The quantitative estimate of drug-likeness (QED) is 0.691. The molecular weight excluding hydrogens is 340 g/mol. The van der Waals surface area contributed by atoms with Crippen LogP contribution in [-0.4, -0.2) is 46.1 Å². The van der Waals surface area contributed by atoms with Crippen molar-refractivity contribution in [3.8, 4) is 5.88 Å². The predicted octanol–water partition coefficient (Wildman–Crippen LogP) is 2.48. The van der Waals surface area contributed by atoms with Crippen LogP contribution in [0.5, 0.6) is 5.88 Å². The van der Waals surface area contributed by atoms with E-state index >= 15 is 0 Å². The molecule has 0 radical (unpaired) electrons. The molecule has 0 atom stereocenters. The first-order chi connectivity index (χ1) is 13.3. The summed E-state index contributed by atoms with van der Waals surface area (Å²) in [6.45, 7) is 5.83. The van der Waals surface area contributed by atoms with Gasteiger partial charge >= 0.3 is 0 Å².